The predicted octanol–water partition coefficient (Wildman–Crippen LogP) is 4.13. The first-order valence-corrected chi connectivity index (χ1v) is 9.51. The van der Waals surface area contributed by atoms with Gasteiger partial charge in [0.15, 0.2) is 5.96 Å². The molecule has 0 unspecified atom stereocenters. The summed E-state index contributed by atoms with van der Waals surface area (Å²) < 4.78 is 14.3. The molecular weight excluding hydrogens is 498 g/mol. The molecule has 4 nitrogen and oxygen atoms in total. The van der Waals surface area contributed by atoms with E-state index in [-0.39, 0.29) is 29.8 Å². The van der Waals surface area contributed by atoms with E-state index in [2.05, 4.69) is 57.2 Å². The number of hydrogen-bond acceptors (Lipinski definition) is 2. The lowest BCUT2D eigenvalue weighted by atomic mass is 10.0. The monoisotopic (exact) mass is 526 g/mol. The normalized spacial score (nSPS) is 16.6. The third-order valence-electron chi connectivity index (χ3n) is 4.36. The summed E-state index contributed by atoms with van der Waals surface area (Å²) in [7, 11) is 0. The van der Waals surface area contributed by atoms with Gasteiger partial charge in [-0.1, -0.05) is 15.9 Å². The third kappa shape index (κ3) is 7.38. The van der Waals surface area contributed by atoms with Gasteiger partial charge in [-0.05, 0) is 57.4 Å². The van der Waals surface area contributed by atoms with Crippen molar-refractivity contribution in [3.05, 3.63) is 34.1 Å². The van der Waals surface area contributed by atoms with Crippen molar-refractivity contribution < 1.29 is 4.39 Å². The van der Waals surface area contributed by atoms with Crippen LogP contribution in [0.4, 0.5) is 4.39 Å². The van der Waals surface area contributed by atoms with Gasteiger partial charge in [-0.2, -0.15) is 0 Å². The molecule has 1 saturated heterocycles. The van der Waals surface area contributed by atoms with Crippen molar-refractivity contribution in [3.8, 4) is 0 Å². The second-order valence-electron chi connectivity index (χ2n) is 6.48. The Morgan fingerprint density at radius 1 is 1.36 bits per heavy atom. The van der Waals surface area contributed by atoms with Crippen molar-refractivity contribution in [2.45, 2.75) is 52.2 Å². The van der Waals surface area contributed by atoms with E-state index in [1.807, 2.05) is 0 Å². The lowest BCUT2D eigenvalue weighted by molar-refractivity contribution is 0.167. The molecule has 1 aromatic carbocycles. The fourth-order valence-electron chi connectivity index (χ4n) is 2.90. The molecule has 1 aliphatic rings. The summed E-state index contributed by atoms with van der Waals surface area (Å²) in [5.74, 6) is 0.569. The molecule has 0 amide bonds. The second kappa shape index (κ2) is 11.3. The van der Waals surface area contributed by atoms with E-state index in [0.717, 1.165) is 48.5 Å². The summed E-state index contributed by atoms with van der Waals surface area (Å²) in [6.45, 7) is 10.0. The van der Waals surface area contributed by atoms with Crippen LogP contribution in [0.15, 0.2) is 27.7 Å². The number of piperidine rings is 1. The van der Waals surface area contributed by atoms with Crippen LogP contribution in [-0.4, -0.2) is 42.6 Å². The first-order chi connectivity index (χ1) is 11.5. The smallest absolute Gasteiger partial charge is 0.191 e. The molecule has 1 aliphatic heterocycles. The Morgan fingerprint density at radius 3 is 2.64 bits per heavy atom. The van der Waals surface area contributed by atoms with Gasteiger partial charge in [0.2, 0.25) is 0 Å². The van der Waals surface area contributed by atoms with Crippen LogP contribution in [0.2, 0.25) is 0 Å². The minimum absolute atomic E-state index is 0. The van der Waals surface area contributed by atoms with Gasteiger partial charge in [-0.25, -0.2) is 9.38 Å². The summed E-state index contributed by atoms with van der Waals surface area (Å²) in [5.41, 5.74) is 0.849. The average molecular weight is 527 g/mol. The Hall–Kier alpha value is -0.410. The molecule has 2 N–H and O–H groups in total. The van der Waals surface area contributed by atoms with E-state index in [1.165, 1.54) is 12.1 Å². The van der Waals surface area contributed by atoms with Crippen LogP contribution in [0.1, 0.15) is 39.2 Å². The van der Waals surface area contributed by atoms with Gasteiger partial charge in [-0.15, -0.1) is 24.0 Å². The molecule has 142 valence electrons. The topological polar surface area (TPSA) is 39.7 Å². The standard InChI is InChI=1S/C18H28BrFN4.HI/c1-4-21-18(22-12-14-11-15(20)5-6-17(14)19)23-16-7-9-24(10-8-16)13(2)3;/h5-6,11,13,16H,4,7-10,12H2,1-3H3,(H2,21,22,23);1H. The molecule has 0 aromatic heterocycles. The Kier molecular flexibility index (Phi) is 10.3. The molecule has 0 bridgehead atoms. The number of halogens is 3. The number of likely N-dealkylation sites (tertiary alicyclic amines) is 1. The summed E-state index contributed by atoms with van der Waals surface area (Å²) in [6, 6.07) is 5.75. The highest BCUT2D eigenvalue weighted by Crippen LogP contribution is 2.18. The molecule has 2 rings (SSSR count). The first kappa shape index (κ1) is 22.6. The fourth-order valence-corrected chi connectivity index (χ4v) is 3.27. The van der Waals surface area contributed by atoms with Crippen LogP contribution < -0.4 is 10.6 Å². The van der Waals surface area contributed by atoms with Gasteiger partial charge >= 0.3 is 0 Å². The number of nitrogens with one attached hydrogen (secondary N) is 2. The van der Waals surface area contributed by atoms with E-state index >= 15 is 0 Å². The molecule has 1 fully saturated rings. The summed E-state index contributed by atoms with van der Waals surface area (Å²) in [5, 5.41) is 6.81. The molecule has 0 atom stereocenters. The summed E-state index contributed by atoms with van der Waals surface area (Å²) in [6.07, 6.45) is 2.23. The maximum atomic E-state index is 13.4. The highest BCUT2D eigenvalue weighted by atomic mass is 127. The Balaban J connectivity index is 0.00000312. The summed E-state index contributed by atoms with van der Waals surface area (Å²) in [4.78, 5) is 7.12. The molecule has 0 radical (unpaired) electrons. The van der Waals surface area contributed by atoms with E-state index in [0.29, 0.717) is 18.6 Å². The predicted molar refractivity (Wildman–Crippen MR) is 117 cm³/mol. The zero-order chi connectivity index (χ0) is 17.5. The zero-order valence-corrected chi connectivity index (χ0v) is 19.1. The maximum Gasteiger partial charge on any atom is 0.191 e. The molecule has 1 heterocycles. The van der Waals surface area contributed by atoms with Gasteiger partial charge < -0.3 is 15.5 Å². The van der Waals surface area contributed by atoms with Gasteiger partial charge in [0, 0.05) is 36.2 Å². The minimum Gasteiger partial charge on any atom is -0.357 e. The minimum atomic E-state index is -0.234. The van der Waals surface area contributed by atoms with Crippen molar-refractivity contribution in [2.24, 2.45) is 4.99 Å². The quantitative estimate of drug-likeness (QED) is 0.344. The number of rotatable bonds is 5. The van der Waals surface area contributed by atoms with Crippen molar-refractivity contribution in [1.29, 1.82) is 0 Å². The fraction of sp³-hybridized carbons (Fsp3) is 0.611. The van der Waals surface area contributed by atoms with Crippen molar-refractivity contribution in [2.75, 3.05) is 19.6 Å². The van der Waals surface area contributed by atoms with Crippen LogP contribution in [0.25, 0.3) is 0 Å². The Morgan fingerprint density at radius 2 is 2.04 bits per heavy atom. The van der Waals surface area contributed by atoms with E-state index < -0.39 is 0 Å². The summed E-state index contributed by atoms with van der Waals surface area (Å²) >= 11 is 3.46. The number of aliphatic imine (C=N–C) groups is 1. The molecular formula is C18H29BrFIN4. The third-order valence-corrected chi connectivity index (χ3v) is 5.13. The van der Waals surface area contributed by atoms with Crippen LogP contribution in [0, 0.1) is 5.82 Å². The van der Waals surface area contributed by atoms with Crippen molar-refractivity contribution >= 4 is 45.9 Å². The van der Waals surface area contributed by atoms with E-state index in [1.54, 1.807) is 6.07 Å². The van der Waals surface area contributed by atoms with Crippen molar-refractivity contribution in [3.63, 3.8) is 0 Å². The lowest BCUT2D eigenvalue weighted by Gasteiger charge is -2.35. The average Bonchev–Trinajstić information content (AvgIpc) is 2.56. The lowest BCUT2D eigenvalue weighted by Crippen LogP contribution is -2.49. The number of benzene rings is 1. The molecule has 0 spiro atoms. The van der Waals surface area contributed by atoms with Crippen molar-refractivity contribution in [1.82, 2.24) is 15.5 Å². The highest BCUT2D eigenvalue weighted by Gasteiger charge is 2.21. The second-order valence-corrected chi connectivity index (χ2v) is 7.33. The van der Waals surface area contributed by atoms with Gasteiger partial charge in [0.1, 0.15) is 5.82 Å². The van der Waals surface area contributed by atoms with Gasteiger partial charge in [0.05, 0.1) is 6.54 Å². The first-order valence-electron chi connectivity index (χ1n) is 8.72. The molecule has 0 saturated carbocycles. The van der Waals surface area contributed by atoms with Gasteiger partial charge in [0.25, 0.3) is 0 Å². The van der Waals surface area contributed by atoms with Gasteiger partial charge in [-0.3, -0.25) is 0 Å². The number of hydrogen-bond donors (Lipinski definition) is 2. The highest BCUT2D eigenvalue weighted by molar-refractivity contribution is 14.0. The molecule has 7 heteroatoms. The number of guanidine groups is 1. The maximum absolute atomic E-state index is 13.4. The zero-order valence-electron chi connectivity index (χ0n) is 15.2. The SMILES string of the molecule is CCNC(=NCc1cc(F)ccc1Br)NC1CCN(C(C)C)CC1.I. The van der Waals surface area contributed by atoms with Crippen LogP contribution in [-0.2, 0) is 6.54 Å². The van der Waals surface area contributed by atoms with E-state index in [4.69, 9.17) is 0 Å². The van der Waals surface area contributed by atoms with E-state index in [9.17, 15) is 4.39 Å². The Bertz CT molecular complexity index is 560. The molecule has 25 heavy (non-hydrogen) atoms. The van der Waals surface area contributed by atoms with Crippen LogP contribution in [0.3, 0.4) is 0 Å². The molecule has 1 aromatic rings. The largest absolute Gasteiger partial charge is 0.357 e. The van der Waals surface area contributed by atoms with Crippen LogP contribution >= 0.6 is 39.9 Å². The molecule has 0 aliphatic carbocycles. The van der Waals surface area contributed by atoms with Crippen LogP contribution in [0.5, 0.6) is 0 Å². The Labute approximate surface area is 176 Å². The number of nitrogens with zero attached hydrogens (tertiary/aromatic N) is 2.